The van der Waals surface area contributed by atoms with Gasteiger partial charge in [0, 0.05) is 36.2 Å². The summed E-state index contributed by atoms with van der Waals surface area (Å²) in [6, 6.07) is 14.5. The van der Waals surface area contributed by atoms with E-state index in [9.17, 15) is 9.59 Å². The molecule has 0 radical (unpaired) electrons. The van der Waals surface area contributed by atoms with Gasteiger partial charge in [-0.25, -0.2) is 4.79 Å². The Kier molecular flexibility index (Phi) is 6.72. The molecule has 0 spiro atoms. The zero-order chi connectivity index (χ0) is 22.7. The molecule has 32 heavy (non-hydrogen) atoms. The fourth-order valence-corrected chi connectivity index (χ4v) is 4.24. The maximum absolute atomic E-state index is 13.4. The summed E-state index contributed by atoms with van der Waals surface area (Å²) in [6.45, 7) is 6.21. The molecule has 3 aromatic rings. The zero-order valence-electron chi connectivity index (χ0n) is 18.2. The molecule has 0 saturated heterocycles. The van der Waals surface area contributed by atoms with Crippen molar-refractivity contribution in [2.24, 2.45) is 0 Å². The van der Waals surface area contributed by atoms with Crippen molar-refractivity contribution in [1.29, 1.82) is 0 Å². The molecule has 2 heterocycles. The number of rotatable bonds is 6. The van der Waals surface area contributed by atoms with E-state index in [2.05, 4.69) is 17.1 Å². The van der Waals surface area contributed by atoms with E-state index in [1.54, 1.807) is 31.2 Å². The van der Waals surface area contributed by atoms with Crippen molar-refractivity contribution >= 4 is 40.1 Å². The lowest BCUT2D eigenvalue weighted by Crippen LogP contribution is -2.34. The number of carbonyl (C=O) groups is 2. The van der Waals surface area contributed by atoms with E-state index in [0.717, 1.165) is 48.1 Å². The fourth-order valence-electron chi connectivity index (χ4n) is 4.06. The van der Waals surface area contributed by atoms with Gasteiger partial charge >= 0.3 is 5.97 Å². The molecule has 1 unspecified atom stereocenters. The third-order valence-corrected chi connectivity index (χ3v) is 5.98. The summed E-state index contributed by atoms with van der Waals surface area (Å²) in [5.74, 6) is -0.953. The Bertz CT molecular complexity index is 1160. The fraction of sp³-hybridized carbons (Fsp3) is 0.320. The molecule has 1 aliphatic rings. The van der Waals surface area contributed by atoms with Crippen molar-refractivity contribution < 1.29 is 14.3 Å². The average Bonchev–Trinajstić information content (AvgIpc) is 2.79. The Morgan fingerprint density at radius 3 is 2.72 bits per heavy atom. The number of aromatic nitrogens is 1. The number of hydrogen-bond donors (Lipinski definition) is 1. The van der Waals surface area contributed by atoms with E-state index >= 15 is 0 Å². The summed E-state index contributed by atoms with van der Waals surface area (Å²) in [5.41, 5.74) is 3.56. The van der Waals surface area contributed by atoms with Gasteiger partial charge in [-0.3, -0.25) is 14.7 Å². The van der Waals surface area contributed by atoms with Gasteiger partial charge in [0.2, 0.25) is 0 Å². The molecular weight excluding hydrogens is 426 g/mol. The van der Waals surface area contributed by atoms with Gasteiger partial charge in [0.05, 0.1) is 21.8 Å². The zero-order valence-corrected chi connectivity index (χ0v) is 19.0. The van der Waals surface area contributed by atoms with Crippen molar-refractivity contribution in [3.05, 3.63) is 70.4 Å². The number of anilines is 1. The second kappa shape index (κ2) is 9.67. The van der Waals surface area contributed by atoms with E-state index in [4.69, 9.17) is 21.3 Å². The van der Waals surface area contributed by atoms with Crippen LogP contribution in [-0.4, -0.2) is 41.0 Å². The second-order valence-electron chi connectivity index (χ2n) is 7.97. The quantitative estimate of drug-likeness (QED) is 0.543. The number of hydrogen-bond acceptors (Lipinski definition) is 5. The molecule has 6 nitrogen and oxygen atoms in total. The number of carbonyl (C=O) groups excluding carboxylic acids is 2. The largest absolute Gasteiger partial charge is 0.449 e. The predicted molar refractivity (Wildman–Crippen MR) is 126 cm³/mol. The van der Waals surface area contributed by atoms with Crippen LogP contribution in [0.5, 0.6) is 0 Å². The molecule has 0 fully saturated rings. The third-order valence-electron chi connectivity index (χ3n) is 5.65. The van der Waals surface area contributed by atoms with Crippen LogP contribution in [0.15, 0.2) is 48.5 Å². The molecule has 1 N–H and O–H groups in total. The first-order valence-corrected chi connectivity index (χ1v) is 11.2. The minimum Gasteiger partial charge on any atom is -0.449 e. The van der Waals surface area contributed by atoms with E-state index < -0.39 is 18.0 Å². The highest BCUT2D eigenvalue weighted by Gasteiger charge is 2.28. The molecule has 1 aliphatic heterocycles. The SMILES string of the molecule is CCCN1CCc2nc3ccccc3c(C(=O)OC(C)C(=O)Nc3ccccc3Cl)c2C1. The van der Waals surface area contributed by atoms with Gasteiger partial charge in [0.15, 0.2) is 6.10 Å². The highest BCUT2D eigenvalue weighted by Crippen LogP contribution is 2.29. The van der Waals surface area contributed by atoms with Crippen LogP contribution in [0.25, 0.3) is 10.9 Å². The Balaban J connectivity index is 1.62. The number of amides is 1. The number of halogens is 1. The van der Waals surface area contributed by atoms with Crippen molar-refractivity contribution in [3.63, 3.8) is 0 Å². The third kappa shape index (κ3) is 4.61. The van der Waals surface area contributed by atoms with Crippen LogP contribution in [0.2, 0.25) is 5.02 Å². The summed E-state index contributed by atoms with van der Waals surface area (Å²) in [6.07, 6.45) is 0.829. The van der Waals surface area contributed by atoms with Gasteiger partial charge in [-0.1, -0.05) is 48.9 Å². The lowest BCUT2D eigenvalue weighted by atomic mass is 9.95. The molecule has 0 saturated carbocycles. The molecule has 0 bridgehead atoms. The van der Waals surface area contributed by atoms with E-state index in [1.165, 1.54) is 0 Å². The first-order chi connectivity index (χ1) is 15.5. The molecule has 1 aromatic heterocycles. The number of pyridine rings is 1. The van der Waals surface area contributed by atoms with Crippen molar-refractivity contribution in [2.45, 2.75) is 39.3 Å². The van der Waals surface area contributed by atoms with Crippen LogP contribution < -0.4 is 5.32 Å². The highest BCUT2D eigenvalue weighted by molar-refractivity contribution is 6.33. The van der Waals surface area contributed by atoms with Crippen molar-refractivity contribution in [1.82, 2.24) is 9.88 Å². The summed E-state index contributed by atoms with van der Waals surface area (Å²) in [7, 11) is 0. The topological polar surface area (TPSA) is 71.5 Å². The lowest BCUT2D eigenvalue weighted by Gasteiger charge is -2.29. The Morgan fingerprint density at radius 2 is 1.94 bits per heavy atom. The number of benzene rings is 2. The molecule has 4 rings (SSSR count). The lowest BCUT2D eigenvalue weighted by molar-refractivity contribution is -0.123. The smallest absolute Gasteiger partial charge is 0.339 e. The van der Waals surface area contributed by atoms with Gasteiger partial charge < -0.3 is 10.1 Å². The van der Waals surface area contributed by atoms with Crippen molar-refractivity contribution in [3.8, 4) is 0 Å². The maximum Gasteiger partial charge on any atom is 0.339 e. The van der Waals surface area contributed by atoms with Gasteiger partial charge in [0.1, 0.15) is 0 Å². The van der Waals surface area contributed by atoms with E-state index in [-0.39, 0.29) is 0 Å². The van der Waals surface area contributed by atoms with Crippen molar-refractivity contribution in [2.75, 3.05) is 18.4 Å². The highest BCUT2D eigenvalue weighted by atomic mass is 35.5. The minimum absolute atomic E-state index is 0.421. The Labute approximate surface area is 192 Å². The summed E-state index contributed by atoms with van der Waals surface area (Å²) >= 11 is 6.12. The summed E-state index contributed by atoms with van der Waals surface area (Å²) < 4.78 is 5.64. The van der Waals surface area contributed by atoms with Crippen LogP contribution in [0.1, 0.15) is 41.9 Å². The van der Waals surface area contributed by atoms with Crippen LogP contribution in [-0.2, 0) is 22.5 Å². The molecule has 1 amide bonds. The molecule has 0 aliphatic carbocycles. The number of para-hydroxylation sites is 2. The standard InChI is InChI=1S/C25H26ClN3O3/c1-3-13-29-14-12-21-18(15-29)23(17-8-4-6-10-20(17)27-21)25(31)32-16(2)24(30)28-22-11-7-5-9-19(22)26/h4-11,16H,3,12-15H2,1-2H3,(H,28,30). The van der Waals surface area contributed by atoms with Gasteiger partial charge in [0.25, 0.3) is 5.91 Å². The van der Waals surface area contributed by atoms with Crippen LogP contribution in [0.4, 0.5) is 5.69 Å². The van der Waals surface area contributed by atoms with Gasteiger partial charge in [-0.2, -0.15) is 0 Å². The summed E-state index contributed by atoms with van der Waals surface area (Å²) in [4.78, 5) is 33.1. The molecule has 1 atom stereocenters. The van der Waals surface area contributed by atoms with Gasteiger partial charge in [-0.05, 0) is 38.1 Å². The summed E-state index contributed by atoms with van der Waals surface area (Å²) in [5, 5.41) is 3.89. The Morgan fingerprint density at radius 1 is 1.19 bits per heavy atom. The van der Waals surface area contributed by atoms with E-state index in [1.807, 2.05) is 24.3 Å². The maximum atomic E-state index is 13.4. The normalized spacial score (nSPS) is 14.6. The van der Waals surface area contributed by atoms with Gasteiger partial charge in [-0.15, -0.1) is 0 Å². The van der Waals surface area contributed by atoms with Crippen LogP contribution >= 0.6 is 11.6 Å². The minimum atomic E-state index is -0.989. The molecule has 166 valence electrons. The predicted octanol–water partition coefficient (Wildman–Crippen LogP) is 4.84. The number of ether oxygens (including phenoxy) is 1. The molecule has 7 heteroatoms. The average molecular weight is 452 g/mol. The number of nitrogens with zero attached hydrogens (tertiary/aromatic N) is 2. The van der Waals surface area contributed by atoms with E-state index in [0.29, 0.717) is 22.8 Å². The van der Waals surface area contributed by atoms with Crippen LogP contribution in [0.3, 0.4) is 0 Å². The molecular formula is C25H26ClN3O3. The second-order valence-corrected chi connectivity index (χ2v) is 8.38. The molecule has 2 aromatic carbocycles. The number of esters is 1. The Hall–Kier alpha value is -2.96. The van der Waals surface area contributed by atoms with Crippen LogP contribution in [0, 0.1) is 0 Å². The first kappa shape index (κ1) is 22.2. The monoisotopic (exact) mass is 451 g/mol. The number of nitrogens with one attached hydrogen (secondary N) is 1. The number of fused-ring (bicyclic) bond motifs is 2. The first-order valence-electron chi connectivity index (χ1n) is 10.9.